The van der Waals surface area contributed by atoms with Gasteiger partial charge in [0.15, 0.2) is 0 Å². The van der Waals surface area contributed by atoms with Gasteiger partial charge >= 0.3 is 0 Å². The molecule has 2 rings (SSSR count). The molecule has 3 nitrogen and oxygen atoms in total. The van der Waals surface area contributed by atoms with Crippen molar-refractivity contribution >= 4 is 44.8 Å². The average molecular weight is 343 g/mol. The van der Waals surface area contributed by atoms with Gasteiger partial charge in [-0.1, -0.05) is 30.1 Å². The van der Waals surface area contributed by atoms with Gasteiger partial charge in [-0.3, -0.25) is 0 Å². The Kier molecular flexibility index (Phi) is 4.68. The summed E-state index contributed by atoms with van der Waals surface area (Å²) in [4.78, 5) is 0.0864. The van der Waals surface area contributed by atoms with Crippen LogP contribution in [0.3, 0.4) is 0 Å². The number of hydrogen-bond acceptors (Lipinski definition) is 2. The Hall–Kier alpha value is -0.000000000000000167. The number of rotatable bonds is 3. The fourth-order valence-electron chi connectivity index (χ4n) is 2.15. The summed E-state index contributed by atoms with van der Waals surface area (Å²) in [6.45, 7) is 3.08. The number of halogens is 3. The summed E-state index contributed by atoms with van der Waals surface area (Å²) in [5, 5.41) is 0.510. The summed E-state index contributed by atoms with van der Waals surface area (Å²) in [7, 11) is -3.57. The highest BCUT2D eigenvalue weighted by Gasteiger charge is 2.32. The molecule has 0 spiro atoms. The van der Waals surface area contributed by atoms with Crippen molar-refractivity contribution in [2.45, 2.75) is 24.1 Å². The lowest BCUT2D eigenvalue weighted by Gasteiger charge is -2.18. The SMILES string of the molecule is CC1CCN(S(=O)(=O)c2ccc(Cl)c(CCl)c2Cl)C1. The van der Waals surface area contributed by atoms with Crippen molar-refractivity contribution in [3.8, 4) is 0 Å². The molecule has 1 aromatic rings. The largest absolute Gasteiger partial charge is 0.244 e. The Balaban J connectivity index is 2.47. The molecule has 0 amide bonds. The van der Waals surface area contributed by atoms with Crippen LogP contribution in [0.25, 0.3) is 0 Å². The Morgan fingerprint density at radius 3 is 2.58 bits per heavy atom. The monoisotopic (exact) mass is 341 g/mol. The highest BCUT2D eigenvalue weighted by atomic mass is 35.5. The van der Waals surface area contributed by atoms with Crippen LogP contribution in [0.1, 0.15) is 18.9 Å². The molecule has 1 heterocycles. The lowest BCUT2D eigenvalue weighted by Crippen LogP contribution is -2.29. The summed E-state index contributed by atoms with van der Waals surface area (Å²) in [5.41, 5.74) is 0.457. The molecule has 1 aromatic carbocycles. The molecule has 0 N–H and O–H groups in total. The van der Waals surface area contributed by atoms with E-state index in [-0.39, 0.29) is 15.8 Å². The standard InChI is InChI=1S/C12H14Cl3NO2S/c1-8-4-5-16(7-8)19(17,18)11-3-2-10(14)9(6-13)12(11)15/h2-3,8H,4-7H2,1H3. The van der Waals surface area contributed by atoms with Gasteiger partial charge in [-0.15, -0.1) is 11.6 Å². The smallest absolute Gasteiger partial charge is 0.207 e. The first kappa shape index (κ1) is 15.4. The van der Waals surface area contributed by atoms with E-state index in [1.54, 1.807) is 0 Å². The van der Waals surface area contributed by atoms with Gasteiger partial charge < -0.3 is 0 Å². The molecule has 7 heteroatoms. The molecule has 1 aliphatic rings. The third-order valence-electron chi connectivity index (χ3n) is 3.29. The van der Waals surface area contributed by atoms with Crippen LogP contribution in [0.4, 0.5) is 0 Å². The molecule has 1 fully saturated rings. The molecule has 1 unspecified atom stereocenters. The highest BCUT2D eigenvalue weighted by Crippen LogP contribution is 2.35. The molecule has 1 atom stereocenters. The zero-order chi connectivity index (χ0) is 14.2. The van der Waals surface area contributed by atoms with E-state index in [0.29, 0.717) is 29.6 Å². The second-order valence-electron chi connectivity index (χ2n) is 4.73. The van der Waals surface area contributed by atoms with Crippen LogP contribution in [-0.4, -0.2) is 25.8 Å². The predicted molar refractivity (Wildman–Crippen MR) is 78.6 cm³/mol. The van der Waals surface area contributed by atoms with Crippen molar-refractivity contribution < 1.29 is 8.42 Å². The Bertz CT molecular complexity index is 589. The maximum absolute atomic E-state index is 12.5. The number of sulfonamides is 1. The first-order valence-corrected chi connectivity index (χ1v) is 8.64. The van der Waals surface area contributed by atoms with Crippen LogP contribution in [0.2, 0.25) is 10.0 Å². The van der Waals surface area contributed by atoms with Gasteiger partial charge in [0.25, 0.3) is 0 Å². The Labute approximate surface area is 128 Å². The summed E-state index contributed by atoms with van der Waals surface area (Å²) in [5.74, 6) is 0.450. The Morgan fingerprint density at radius 1 is 1.37 bits per heavy atom. The van der Waals surface area contributed by atoms with Crippen LogP contribution in [0.15, 0.2) is 17.0 Å². The quantitative estimate of drug-likeness (QED) is 0.784. The first-order valence-electron chi connectivity index (χ1n) is 5.91. The molecule has 1 aliphatic heterocycles. The van der Waals surface area contributed by atoms with E-state index in [4.69, 9.17) is 34.8 Å². The lowest BCUT2D eigenvalue weighted by molar-refractivity contribution is 0.464. The van der Waals surface area contributed by atoms with Crippen LogP contribution in [0.5, 0.6) is 0 Å². The topological polar surface area (TPSA) is 37.4 Å². The maximum Gasteiger partial charge on any atom is 0.244 e. The third-order valence-corrected chi connectivity index (χ3v) is 6.36. The molecule has 0 aromatic heterocycles. The molecular weight excluding hydrogens is 329 g/mol. The van der Waals surface area contributed by atoms with E-state index in [9.17, 15) is 8.42 Å². The fourth-order valence-corrected chi connectivity index (χ4v) is 5.03. The number of benzene rings is 1. The van der Waals surface area contributed by atoms with Gasteiger partial charge in [0.2, 0.25) is 10.0 Å². The van der Waals surface area contributed by atoms with E-state index >= 15 is 0 Å². The molecule has 1 saturated heterocycles. The zero-order valence-electron chi connectivity index (χ0n) is 10.4. The van der Waals surface area contributed by atoms with Gasteiger partial charge in [-0.05, 0) is 24.5 Å². The number of nitrogens with zero attached hydrogens (tertiary/aromatic N) is 1. The van der Waals surface area contributed by atoms with Crippen molar-refractivity contribution in [2.24, 2.45) is 5.92 Å². The van der Waals surface area contributed by atoms with Gasteiger partial charge in [-0.2, -0.15) is 4.31 Å². The van der Waals surface area contributed by atoms with Crippen molar-refractivity contribution in [3.63, 3.8) is 0 Å². The fraction of sp³-hybridized carbons (Fsp3) is 0.500. The van der Waals surface area contributed by atoms with Crippen LogP contribution in [0, 0.1) is 5.92 Å². The minimum absolute atomic E-state index is 0.0808. The minimum Gasteiger partial charge on any atom is -0.207 e. The van der Waals surface area contributed by atoms with Crippen molar-refractivity contribution in [3.05, 3.63) is 27.7 Å². The Morgan fingerprint density at radius 2 is 2.05 bits per heavy atom. The first-order chi connectivity index (χ1) is 8.87. The lowest BCUT2D eigenvalue weighted by atomic mass is 10.2. The molecule has 0 radical (unpaired) electrons. The highest BCUT2D eigenvalue weighted by molar-refractivity contribution is 7.89. The van der Waals surface area contributed by atoms with E-state index in [0.717, 1.165) is 6.42 Å². The zero-order valence-corrected chi connectivity index (χ0v) is 13.5. The van der Waals surface area contributed by atoms with E-state index in [1.165, 1.54) is 16.4 Å². The van der Waals surface area contributed by atoms with Gasteiger partial charge in [0.05, 0.1) is 10.9 Å². The predicted octanol–water partition coefficient (Wildman–Crippen LogP) is 3.76. The van der Waals surface area contributed by atoms with Crippen LogP contribution >= 0.6 is 34.8 Å². The molecule has 0 aliphatic carbocycles. The van der Waals surface area contributed by atoms with Crippen molar-refractivity contribution in [2.75, 3.05) is 13.1 Å². The molecule has 0 saturated carbocycles. The van der Waals surface area contributed by atoms with E-state index in [1.807, 2.05) is 6.92 Å². The normalized spacial score (nSPS) is 20.9. The molecular formula is C12H14Cl3NO2S. The number of alkyl halides is 1. The summed E-state index contributed by atoms with van der Waals surface area (Å²) >= 11 is 17.9. The number of hydrogen-bond donors (Lipinski definition) is 0. The molecule has 0 bridgehead atoms. The van der Waals surface area contributed by atoms with E-state index < -0.39 is 10.0 Å². The molecule has 19 heavy (non-hydrogen) atoms. The third kappa shape index (κ3) is 2.88. The summed E-state index contributed by atoms with van der Waals surface area (Å²) in [6.07, 6.45) is 0.868. The van der Waals surface area contributed by atoms with Gasteiger partial charge in [0.1, 0.15) is 4.90 Å². The summed E-state index contributed by atoms with van der Waals surface area (Å²) < 4.78 is 26.5. The minimum atomic E-state index is -3.57. The van der Waals surface area contributed by atoms with Crippen LogP contribution < -0.4 is 0 Å². The molecule has 106 valence electrons. The van der Waals surface area contributed by atoms with Crippen molar-refractivity contribution in [1.29, 1.82) is 0 Å². The second-order valence-corrected chi connectivity index (χ2v) is 7.69. The van der Waals surface area contributed by atoms with Crippen molar-refractivity contribution in [1.82, 2.24) is 4.31 Å². The average Bonchev–Trinajstić information content (AvgIpc) is 2.77. The van der Waals surface area contributed by atoms with Gasteiger partial charge in [0, 0.05) is 23.7 Å². The maximum atomic E-state index is 12.5. The van der Waals surface area contributed by atoms with Gasteiger partial charge in [-0.25, -0.2) is 8.42 Å². The second kappa shape index (κ2) is 5.78. The van der Waals surface area contributed by atoms with E-state index in [2.05, 4.69) is 0 Å². The van der Waals surface area contributed by atoms with Crippen LogP contribution in [-0.2, 0) is 15.9 Å². The summed E-state index contributed by atoms with van der Waals surface area (Å²) in [6, 6.07) is 2.97.